The Balaban J connectivity index is 1.93. The fourth-order valence-corrected chi connectivity index (χ4v) is 3.60. The summed E-state index contributed by atoms with van der Waals surface area (Å²) in [6.07, 6.45) is 6.86. The van der Waals surface area contributed by atoms with Crippen molar-refractivity contribution in [3.05, 3.63) is 47.4 Å². The Morgan fingerprint density at radius 1 is 1.52 bits per heavy atom. The molecule has 2 aliphatic heterocycles. The van der Waals surface area contributed by atoms with Crippen molar-refractivity contribution in [1.82, 2.24) is 9.88 Å². The quantitative estimate of drug-likeness (QED) is 0.797. The number of hydrogen-bond acceptors (Lipinski definition) is 5. The summed E-state index contributed by atoms with van der Waals surface area (Å²) in [6.45, 7) is 0. The molecule has 1 saturated heterocycles. The number of rotatable bonds is 3. The average Bonchev–Trinajstić information content (AvgIpc) is 2.52. The van der Waals surface area contributed by atoms with Crippen LogP contribution in [0.1, 0.15) is 5.56 Å². The molecule has 0 spiro atoms. The fourth-order valence-electron chi connectivity index (χ4n) is 2.34. The molecule has 6 nitrogen and oxygen atoms in total. The zero-order chi connectivity index (χ0) is 15.0. The van der Waals surface area contributed by atoms with Gasteiger partial charge in [-0.3, -0.25) is 14.7 Å². The van der Waals surface area contributed by atoms with Crippen LogP contribution >= 0.6 is 11.8 Å². The maximum atomic E-state index is 11.8. The van der Waals surface area contributed by atoms with Crippen molar-refractivity contribution in [2.24, 2.45) is 5.73 Å². The molecule has 1 aromatic heterocycles. The maximum absolute atomic E-state index is 11.8. The number of fused-ring (bicyclic) bond motifs is 1. The number of β-lactam (4-membered cyclic amide) rings is 1. The van der Waals surface area contributed by atoms with Crippen LogP contribution in [0.15, 0.2) is 41.9 Å². The second-order valence-corrected chi connectivity index (χ2v) is 5.84. The standard InChI is InChI=1S/C14H13N3O3S/c15-10-12(18)17-11(14(19)20)9(7-21-13(10)17)4-3-8-2-1-5-16-6-8/h1-6,10,13H,7,15H2,(H,19,20)/b4-3-/t10-,13-/m1/s1. The van der Waals surface area contributed by atoms with E-state index in [-0.39, 0.29) is 17.0 Å². The highest BCUT2D eigenvalue weighted by atomic mass is 32.2. The van der Waals surface area contributed by atoms with Crippen molar-refractivity contribution in [1.29, 1.82) is 0 Å². The monoisotopic (exact) mass is 303 g/mol. The van der Waals surface area contributed by atoms with E-state index in [1.165, 1.54) is 16.7 Å². The van der Waals surface area contributed by atoms with Gasteiger partial charge in [-0.25, -0.2) is 4.79 Å². The zero-order valence-electron chi connectivity index (χ0n) is 11.0. The van der Waals surface area contributed by atoms with Gasteiger partial charge in [0.25, 0.3) is 0 Å². The lowest BCUT2D eigenvalue weighted by Gasteiger charge is -2.47. The third-order valence-corrected chi connectivity index (χ3v) is 4.73. The van der Waals surface area contributed by atoms with Gasteiger partial charge in [0, 0.05) is 18.1 Å². The lowest BCUT2D eigenvalue weighted by molar-refractivity contribution is -0.147. The van der Waals surface area contributed by atoms with Crippen LogP contribution in [-0.2, 0) is 9.59 Å². The molecule has 0 unspecified atom stereocenters. The molecule has 21 heavy (non-hydrogen) atoms. The van der Waals surface area contributed by atoms with Gasteiger partial charge in [0.1, 0.15) is 17.1 Å². The van der Waals surface area contributed by atoms with Gasteiger partial charge in [-0.05, 0) is 17.2 Å². The molecule has 3 rings (SSSR count). The Bertz CT molecular complexity index is 657. The number of carbonyl (C=O) groups is 2. The van der Waals surface area contributed by atoms with Crippen molar-refractivity contribution in [3.63, 3.8) is 0 Å². The molecule has 7 heteroatoms. The minimum absolute atomic E-state index is 0.0330. The number of carboxylic acids is 1. The number of carbonyl (C=O) groups excluding carboxylic acids is 1. The highest BCUT2D eigenvalue weighted by Crippen LogP contribution is 2.39. The van der Waals surface area contributed by atoms with E-state index in [1.807, 2.05) is 6.07 Å². The summed E-state index contributed by atoms with van der Waals surface area (Å²) in [5, 5.41) is 9.12. The second kappa shape index (κ2) is 5.34. The van der Waals surface area contributed by atoms with E-state index in [9.17, 15) is 14.7 Å². The van der Waals surface area contributed by atoms with Crippen molar-refractivity contribution in [2.75, 3.05) is 5.75 Å². The highest BCUT2D eigenvalue weighted by Gasteiger charge is 2.51. The molecule has 0 bridgehead atoms. The van der Waals surface area contributed by atoms with Crippen molar-refractivity contribution in [2.45, 2.75) is 11.4 Å². The molecule has 3 N–H and O–H groups in total. The average molecular weight is 303 g/mol. The topological polar surface area (TPSA) is 96.5 Å². The molecule has 2 atom stereocenters. The number of thioether (sulfide) groups is 1. The van der Waals surface area contributed by atoms with Gasteiger partial charge in [0.05, 0.1) is 0 Å². The molecule has 3 heterocycles. The van der Waals surface area contributed by atoms with Crippen LogP contribution in [0.25, 0.3) is 6.08 Å². The number of nitrogens with zero attached hydrogens (tertiary/aromatic N) is 2. The number of hydrogen-bond donors (Lipinski definition) is 2. The van der Waals surface area contributed by atoms with Crippen LogP contribution < -0.4 is 5.73 Å². The Morgan fingerprint density at radius 3 is 3.00 bits per heavy atom. The first-order valence-electron chi connectivity index (χ1n) is 6.34. The van der Waals surface area contributed by atoms with Crippen LogP contribution in [0.4, 0.5) is 0 Å². The summed E-state index contributed by atoms with van der Waals surface area (Å²) in [4.78, 5) is 28.5. The third-order valence-electron chi connectivity index (χ3n) is 3.40. The van der Waals surface area contributed by atoms with Gasteiger partial charge >= 0.3 is 5.97 Å². The van der Waals surface area contributed by atoms with Gasteiger partial charge in [-0.15, -0.1) is 11.8 Å². The van der Waals surface area contributed by atoms with E-state index >= 15 is 0 Å². The predicted octanol–water partition coefficient (Wildman–Crippen LogP) is 0.676. The summed E-state index contributed by atoms with van der Waals surface area (Å²) >= 11 is 1.48. The number of aliphatic carboxylic acids is 1. The van der Waals surface area contributed by atoms with Crippen LogP contribution in [0, 0.1) is 0 Å². The number of pyridine rings is 1. The van der Waals surface area contributed by atoms with E-state index in [2.05, 4.69) is 4.98 Å². The van der Waals surface area contributed by atoms with Crippen molar-refractivity contribution < 1.29 is 14.7 Å². The minimum Gasteiger partial charge on any atom is -0.477 e. The predicted molar refractivity (Wildman–Crippen MR) is 79.0 cm³/mol. The van der Waals surface area contributed by atoms with Gasteiger partial charge in [-0.2, -0.15) is 0 Å². The van der Waals surface area contributed by atoms with Crippen LogP contribution in [0.3, 0.4) is 0 Å². The first-order valence-corrected chi connectivity index (χ1v) is 7.39. The zero-order valence-corrected chi connectivity index (χ0v) is 11.8. The molecule has 0 aromatic carbocycles. The maximum Gasteiger partial charge on any atom is 0.352 e. The van der Waals surface area contributed by atoms with Crippen molar-refractivity contribution in [3.8, 4) is 0 Å². The minimum atomic E-state index is -1.11. The second-order valence-electron chi connectivity index (χ2n) is 4.73. The van der Waals surface area contributed by atoms with Crippen LogP contribution in [-0.4, -0.2) is 44.0 Å². The summed E-state index contributed by atoms with van der Waals surface area (Å²) < 4.78 is 0. The number of carboxylic acid groups (broad SMARTS) is 1. The highest BCUT2D eigenvalue weighted by molar-refractivity contribution is 8.00. The first-order chi connectivity index (χ1) is 10.1. The normalized spacial score (nSPS) is 25.0. The molecule has 0 saturated carbocycles. The number of allylic oxidation sites excluding steroid dienone is 1. The molecule has 1 fully saturated rings. The summed E-state index contributed by atoms with van der Waals surface area (Å²) in [5.41, 5.74) is 7.20. The molecule has 0 radical (unpaired) electrons. The van der Waals surface area contributed by atoms with E-state index in [0.717, 1.165) is 5.56 Å². The van der Waals surface area contributed by atoms with Crippen molar-refractivity contribution >= 4 is 29.7 Å². The smallest absolute Gasteiger partial charge is 0.352 e. The first kappa shape index (κ1) is 13.8. The van der Waals surface area contributed by atoms with E-state index < -0.39 is 12.0 Å². The molecule has 1 amide bonds. The summed E-state index contributed by atoms with van der Waals surface area (Å²) in [7, 11) is 0. The van der Waals surface area contributed by atoms with Gasteiger partial charge < -0.3 is 10.8 Å². The molecule has 1 aromatic rings. The molecule has 108 valence electrons. The molecule has 2 aliphatic rings. The van der Waals surface area contributed by atoms with E-state index in [1.54, 1.807) is 30.6 Å². The fraction of sp³-hybridized carbons (Fsp3) is 0.214. The number of aromatic nitrogens is 1. The van der Waals surface area contributed by atoms with Gasteiger partial charge in [0.15, 0.2) is 0 Å². The molecular formula is C14H13N3O3S. The SMILES string of the molecule is N[C@@H]1C(=O)N2C(C(=O)O)=C(/C=C\c3cccnc3)CS[C@H]12. The largest absolute Gasteiger partial charge is 0.477 e. The Labute approximate surface area is 125 Å². The van der Waals surface area contributed by atoms with Gasteiger partial charge in [-0.1, -0.05) is 18.2 Å². The third kappa shape index (κ3) is 2.34. The Kier molecular flexibility index (Phi) is 3.52. The Morgan fingerprint density at radius 2 is 2.33 bits per heavy atom. The Hall–Kier alpha value is -2.12. The lowest BCUT2D eigenvalue weighted by atomic mass is 10.0. The number of nitrogens with two attached hydrogens (primary N) is 1. The van der Waals surface area contributed by atoms with Gasteiger partial charge in [0.2, 0.25) is 5.91 Å². The summed E-state index contributed by atoms with van der Waals surface area (Å²) in [6, 6.07) is 3.07. The van der Waals surface area contributed by atoms with Crippen LogP contribution in [0.2, 0.25) is 0 Å². The molecule has 0 aliphatic carbocycles. The van der Waals surface area contributed by atoms with Crippen LogP contribution in [0.5, 0.6) is 0 Å². The van der Waals surface area contributed by atoms with E-state index in [4.69, 9.17) is 5.73 Å². The lowest BCUT2D eigenvalue weighted by Crippen LogP contribution is -2.68. The molecular weight excluding hydrogens is 290 g/mol. The number of amides is 1. The van der Waals surface area contributed by atoms with E-state index in [0.29, 0.717) is 11.3 Å². The summed E-state index contributed by atoms with van der Waals surface area (Å²) in [5.74, 6) is -0.927.